The number of hydrogen-bond donors (Lipinski definition) is 2. The number of benzene rings is 3. The molecule has 0 fully saturated rings. The van der Waals surface area contributed by atoms with Crippen LogP contribution in [-0.2, 0) is 10.5 Å². The van der Waals surface area contributed by atoms with E-state index in [0.29, 0.717) is 51.9 Å². The van der Waals surface area contributed by atoms with E-state index in [9.17, 15) is 4.79 Å². The van der Waals surface area contributed by atoms with Crippen molar-refractivity contribution in [1.82, 2.24) is 14.8 Å². The zero-order valence-corrected chi connectivity index (χ0v) is 24.5. The van der Waals surface area contributed by atoms with Crippen LogP contribution in [0.4, 0.5) is 11.6 Å². The molecule has 2 heterocycles. The van der Waals surface area contributed by atoms with E-state index in [0.717, 1.165) is 11.3 Å². The molecule has 1 aliphatic rings. The number of allylic oxidation sites excluding steroid dienone is 1. The molecule has 2 N–H and O–H groups in total. The highest BCUT2D eigenvalue weighted by atomic mass is 32.2. The smallest absolute Gasteiger partial charge is 0.255 e. The lowest BCUT2D eigenvalue weighted by molar-refractivity contribution is -0.113. The first-order chi connectivity index (χ1) is 19.9. The predicted molar refractivity (Wildman–Crippen MR) is 161 cm³/mol. The van der Waals surface area contributed by atoms with Crippen LogP contribution in [0, 0.1) is 6.92 Å². The number of nitrogens with one attached hydrogen (secondary N) is 2. The number of rotatable bonds is 10. The summed E-state index contributed by atoms with van der Waals surface area (Å²) >= 11 is 1.55. The second-order valence-electron chi connectivity index (χ2n) is 9.53. The van der Waals surface area contributed by atoms with Crippen LogP contribution in [0.1, 0.15) is 36.6 Å². The van der Waals surface area contributed by atoms with Crippen LogP contribution in [0.25, 0.3) is 0 Å². The number of thioether (sulfide) groups is 1. The number of fused-ring (bicyclic) bond motifs is 1. The summed E-state index contributed by atoms with van der Waals surface area (Å²) in [6.07, 6.45) is 0. The van der Waals surface area contributed by atoms with Gasteiger partial charge in [-0.15, -0.1) is 5.10 Å². The van der Waals surface area contributed by atoms with Gasteiger partial charge in [0.2, 0.25) is 11.1 Å². The second kappa shape index (κ2) is 12.4. The van der Waals surface area contributed by atoms with E-state index < -0.39 is 6.04 Å². The van der Waals surface area contributed by atoms with Gasteiger partial charge in [0, 0.05) is 17.1 Å². The van der Waals surface area contributed by atoms with Crippen molar-refractivity contribution in [3.8, 4) is 17.2 Å². The van der Waals surface area contributed by atoms with Crippen LogP contribution in [0.15, 0.2) is 83.2 Å². The Labute approximate surface area is 243 Å². The molecule has 0 saturated carbocycles. The van der Waals surface area contributed by atoms with Crippen molar-refractivity contribution in [3.05, 3.63) is 94.7 Å². The molecule has 1 aromatic heterocycles. The summed E-state index contributed by atoms with van der Waals surface area (Å²) < 4.78 is 18.4. The largest absolute Gasteiger partial charge is 0.497 e. The minimum Gasteiger partial charge on any atom is -0.497 e. The van der Waals surface area contributed by atoms with Crippen LogP contribution in [0.2, 0.25) is 0 Å². The number of ether oxygens (including phenoxy) is 3. The van der Waals surface area contributed by atoms with Crippen LogP contribution in [0.5, 0.6) is 17.2 Å². The van der Waals surface area contributed by atoms with Gasteiger partial charge in [-0.25, -0.2) is 4.68 Å². The molecule has 212 valence electrons. The molecule has 0 aliphatic carbocycles. The summed E-state index contributed by atoms with van der Waals surface area (Å²) in [6.45, 7) is 6.38. The summed E-state index contributed by atoms with van der Waals surface area (Å²) in [5, 5.41) is 11.8. The Morgan fingerprint density at radius 1 is 1.02 bits per heavy atom. The van der Waals surface area contributed by atoms with E-state index >= 15 is 0 Å². The third-order valence-corrected chi connectivity index (χ3v) is 7.59. The first kappa shape index (κ1) is 28.1. The number of amides is 1. The van der Waals surface area contributed by atoms with Gasteiger partial charge in [-0.1, -0.05) is 47.7 Å². The van der Waals surface area contributed by atoms with Crippen molar-refractivity contribution in [1.29, 1.82) is 0 Å². The summed E-state index contributed by atoms with van der Waals surface area (Å²) in [6, 6.07) is 20.7. The highest BCUT2D eigenvalue weighted by Gasteiger charge is 2.35. The Morgan fingerprint density at radius 2 is 1.83 bits per heavy atom. The van der Waals surface area contributed by atoms with E-state index in [1.807, 2.05) is 32.0 Å². The molecular weight excluding hydrogens is 538 g/mol. The number of aromatic nitrogens is 3. The van der Waals surface area contributed by atoms with Crippen molar-refractivity contribution in [3.63, 3.8) is 0 Å². The highest BCUT2D eigenvalue weighted by molar-refractivity contribution is 7.98. The maximum absolute atomic E-state index is 13.8. The standard InChI is InChI=1S/C31H33N5O4S/c1-6-40-25-15-10-22(17-26(25)39-5)28-27(29(37)33-23-11-13-24(38-4)14-12-23)20(3)32-30-34-31(35-36(28)30)41-18-21-9-7-8-19(2)16-21/h7-17,28H,6,18H2,1-5H3,(H,33,37)(H,32,34,35). The van der Waals surface area contributed by atoms with Gasteiger partial charge >= 0.3 is 0 Å². The molecule has 0 bridgehead atoms. The number of methoxy groups -OCH3 is 2. The first-order valence-electron chi connectivity index (χ1n) is 13.3. The van der Waals surface area contributed by atoms with Gasteiger partial charge in [0.25, 0.3) is 5.91 Å². The fraction of sp³-hybridized carbons (Fsp3) is 0.258. The van der Waals surface area contributed by atoms with Crippen molar-refractivity contribution in [2.75, 3.05) is 31.5 Å². The van der Waals surface area contributed by atoms with Gasteiger partial charge in [-0.2, -0.15) is 4.98 Å². The van der Waals surface area contributed by atoms with E-state index in [1.54, 1.807) is 54.9 Å². The van der Waals surface area contributed by atoms with Crippen LogP contribution in [0.3, 0.4) is 0 Å². The van der Waals surface area contributed by atoms with E-state index in [4.69, 9.17) is 24.3 Å². The maximum Gasteiger partial charge on any atom is 0.255 e. The Hall–Kier alpha value is -4.44. The molecule has 0 radical (unpaired) electrons. The fourth-order valence-electron chi connectivity index (χ4n) is 4.75. The molecular formula is C31H33N5O4S. The van der Waals surface area contributed by atoms with Crippen LogP contribution in [-0.4, -0.2) is 41.5 Å². The lowest BCUT2D eigenvalue weighted by atomic mass is 9.94. The van der Waals surface area contributed by atoms with Crippen molar-refractivity contribution >= 4 is 29.3 Å². The molecule has 4 aromatic rings. The van der Waals surface area contributed by atoms with Gasteiger partial charge in [-0.3, -0.25) is 4.79 Å². The van der Waals surface area contributed by atoms with E-state index in [1.165, 1.54) is 11.1 Å². The molecule has 1 atom stereocenters. The SMILES string of the molecule is CCOc1ccc(C2C(C(=O)Nc3ccc(OC)cc3)=C(C)Nc3nc(SCc4cccc(C)c4)nn32)cc1OC. The molecule has 0 spiro atoms. The van der Waals surface area contributed by atoms with Crippen LogP contribution < -0.4 is 24.8 Å². The topological polar surface area (TPSA) is 99.5 Å². The summed E-state index contributed by atoms with van der Waals surface area (Å²) in [5.74, 6) is 2.95. The monoisotopic (exact) mass is 571 g/mol. The highest BCUT2D eigenvalue weighted by Crippen LogP contribution is 2.40. The molecule has 9 nitrogen and oxygen atoms in total. The van der Waals surface area contributed by atoms with E-state index in [-0.39, 0.29) is 5.91 Å². The molecule has 1 amide bonds. The lowest BCUT2D eigenvalue weighted by Gasteiger charge is -2.29. The van der Waals surface area contributed by atoms with Gasteiger partial charge in [0.1, 0.15) is 11.8 Å². The molecule has 3 aromatic carbocycles. The molecule has 5 rings (SSSR count). The Morgan fingerprint density at radius 3 is 2.54 bits per heavy atom. The minimum absolute atomic E-state index is 0.256. The molecule has 1 aliphatic heterocycles. The van der Waals surface area contributed by atoms with Gasteiger partial charge < -0.3 is 24.8 Å². The summed E-state index contributed by atoms with van der Waals surface area (Å²) in [7, 11) is 3.21. The molecule has 1 unspecified atom stereocenters. The van der Waals surface area contributed by atoms with Crippen LogP contribution >= 0.6 is 11.8 Å². The number of hydrogen-bond acceptors (Lipinski definition) is 8. The average molecular weight is 572 g/mol. The molecule has 10 heteroatoms. The van der Waals surface area contributed by atoms with Gasteiger partial charge in [-0.05, 0) is 68.3 Å². The number of aryl methyl sites for hydroxylation is 1. The lowest BCUT2D eigenvalue weighted by Crippen LogP contribution is -2.31. The van der Waals surface area contributed by atoms with Gasteiger partial charge in [0.15, 0.2) is 11.5 Å². The molecule has 0 saturated heterocycles. The zero-order valence-electron chi connectivity index (χ0n) is 23.7. The fourth-order valence-corrected chi connectivity index (χ4v) is 5.52. The third-order valence-electron chi connectivity index (χ3n) is 6.68. The number of carbonyl (C=O) groups is 1. The number of carbonyl (C=O) groups excluding carboxylic acids is 1. The first-order valence-corrected chi connectivity index (χ1v) is 14.3. The quantitative estimate of drug-likeness (QED) is 0.216. The van der Waals surface area contributed by atoms with Crippen molar-refractivity contribution in [2.45, 2.75) is 37.7 Å². The maximum atomic E-state index is 13.8. The third kappa shape index (κ3) is 6.17. The number of anilines is 2. The second-order valence-corrected chi connectivity index (χ2v) is 10.5. The van der Waals surface area contributed by atoms with E-state index in [2.05, 4.69) is 41.8 Å². The molecule has 41 heavy (non-hydrogen) atoms. The van der Waals surface area contributed by atoms with Crippen molar-refractivity contribution < 1.29 is 19.0 Å². The van der Waals surface area contributed by atoms with Gasteiger partial charge in [0.05, 0.1) is 26.4 Å². The number of nitrogens with zero attached hydrogens (tertiary/aromatic N) is 3. The minimum atomic E-state index is -0.560. The predicted octanol–water partition coefficient (Wildman–Crippen LogP) is 6.22. The summed E-state index contributed by atoms with van der Waals surface area (Å²) in [4.78, 5) is 18.6. The summed E-state index contributed by atoms with van der Waals surface area (Å²) in [5.41, 5.74) is 5.06. The Bertz CT molecular complexity index is 1580. The Balaban J connectivity index is 1.51. The zero-order chi connectivity index (χ0) is 28.9. The normalized spacial score (nSPS) is 14.2. The average Bonchev–Trinajstić information content (AvgIpc) is 3.38. The Kier molecular flexibility index (Phi) is 8.49. The van der Waals surface area contributed by atoms with Crippen molar-refractivity contribution in [2.24, 2.45) is 0 Å².